The summed E-state index contributed by atoms with van der Waals surface area (Å²) >= 11 is 0. The van der Waals surface area contributed by atoms with Gasteiger partial charge in [0.05, 0.1) is 4.90 Å². The molecule has 1 saturated heterocycles. The fourth-order valence-electron chi connectivity index (χ4n) is 2.82. The van der Waals surface area contributed by atoms with Crippen LogP contribution in [0.15, 0.2) is 53.4 Å². The van der Waals surface area contributed by atoms with Gasteiger partial charge in [0.2, 0.25) is 0 Å². The quantitative estimate of drug-likeness (QED) is 0.807. The van der Waals surface area contributed by atoms with E-state index in [1.54, 1.807) is 29.2 Å². The van der Waals surface area contributed by atoms with Crippen LogP contribution in [-0.4, -0.2) is 44.9 Å². The zero-order chi connectivity index (χ0) is 18.7. The molecule has 1 aliphatic rings. The average molecular weight is 414 g/mol. The zero-order valence-corrected chi connectivity index (χ0v) is 16.3. The maximum absolute atomic E-state index is 12.9. The Balaban J connectivity index is 0.00000261. The number of benzene rings is 2. The molecule has 1 unspecified atom stereocenters. The third-order valence-corrected chi connectivity index (χ3v) is 5.67. The van der Waals surface area contributed by atoms with E-state index in [4.69, 9.17) is 0 Å². The summed E-state index contributed by atoms with van der Waals surface area (Å²) in [6.45, 7) is 4.13. The topological polar surface area (TPSA) is 78.5 Å². The molecule has 2 aromatic carbocycles. The van der Waals surface area contributed by atoms with Crippen molar-refractivity contribution in [1.82, 2.24) is 10.2 Å². The molecule has 1 heterocycles. The van der Waals surface area contributed by atoms with E-state index in [1.165, 1.54) is 12.1 Å². The lowest BCUT2D eigenvalue weighted by Gasteiger charge is -2.34. The minimum atomic E-state index is -3.81. The van der Waals surface area contributed by atoms with Crippen molar-refractivity contribution in [1.29, 1.82) is 0 Å². The summed E-state index contributed by atoms with van der Waals surface area (Å²) in [6, 6.07) is 11.0. The van der Waals surface area contributed by atoms with Gasteiger partial charge in [-0.1, -0.05) is 0 Å². The van der Waals surface area contributed by atoms with Gasteiger partial charge in [-0.2, -0.15) is 0 Å². The molecule has 1 atom stereocenters. The molecule has 3 rings (SSSR count). The van der Waals surface area contributed by atoms with Crippen LogP contribution in [0.5, 0.6) is 0 Å². The van der Waals surface area contributed by atoms with Crippen molar-refractivity contribution in [2.75, 3.05) is 24.4 Å². The minimum Gasteiger partial charge on any atom is -0.333 e. The molecule has 1 amide bonds. The van der Waals surface area contributed by atoms with Crippen LogP contribution in [-0.2, 0) is 10.0 Å². The Morgan fingerprint density at radius 2 is 1.78 bits per heavy atom. The van der Waals surface area contributed by atoms with Crippen LogP contribution in [0.2, 0.25) is 0 Å². The number of piperazine rings is 1. The molecular weight excluding hydrogens is 393 g/mol. The first kappa shape index (κ1) is 21.1. The smallest absolute Gasteiger partial charge is 0.261 e. The van der Waals surface area contributed by atoms with Gasteiger partial charge in [0, 0.05) is 36.9 Å². The Bertz CT molecular complexity index is 889. The van der Waals surface area contributed by atoms with Gasteiger partial charge in [-0.15, -0.1) is 12.4 Å². The van der Waals surface area contributed by atoms with E-state index in [9.17, 15) is 17.6 Å². The number of amides is 1. The van der Waals surface area contributed by atoms with Crippen molar-refractivity contribution in [3.8, 4) is 0 Å². The van der Waals surface area contributed by atoms with Crippen LogP contribution in [0, 0.1) is 5.82 Å². The van der Waals surface area contributed by atoms with Gasteiger partial charge in [0.1, 0.15) is 5.82 Å². The minimum absolute atomic E-state index is 0. The van der Waals surface area contributed by atoms with Crippen LogP contribution in [0.3, 0.4) is 0 Å². The number of sulfonamides is 1. The van der Waals surface area contributed by atoms with Crippen LogP contribution in [0.4, 0.5) is 10.1 Å². The van der Waals surface area contributed by atoms with Crippen LogP contribution < -0.4 is 10.0 Å². The number of rotatable bonds is 4. The lowest BCUT2D eigenvalue weighted by Crippen LogP contribution is -2.52. The molecule has 0 aliphatic carbocycles. The summed E-state index contributed by atoms with van der Waals surface area (Å²) in [5.74, 6) is -0.583. The van der Waals surface area contributed by atoms with Gasteiger partial charge in [0.25, 0.3) is 15.9 Å². The number of anilines is 1. The number of carbonyl (C=O) groups excluding carboxylic acids is 1. The molecule has 0 spiro atoms. The Morgan fingerprint density at radius 3 is 2.37 bits per heavy atom. The molecule has 0 aromatic heterocycles. The summed E-state index contributed by atoms with van der Waals surface area (Å²) in [4.78, 5) is 14.4. The van der Waals surface area contributed by atoms with E-state index in [2.05, 4.69) is 10.0 Å². The molecule has 1 aliphatic heterocycles. The summed E-state index contributed by atoms with van der Waals surface area (Å²) in [7, 11) is -3.81. The van der Waals surface area contributed by atoms with Crippen molar-refractivity contribution < 1.29 is 17.6 Å². The maximum atomic E-state index is 12.9. The first-order valence-electron chi connectivity index (χ1n) is 8.27. The third-order valence-electron chi connectivity index (χ3n) is 4.27. The molecule has 0 bridgehead atoms. The fraction of sp³-hybridized carbons (Fsp3) is 0.278. The molecule has 27 heavy (non-hydrogen) atoms. The van der Waals surface area contributed by atoms with Gasteiger partial charge in [-0.05, 0) is 55.5 Å². The maximum Gasteiger partial charge on any atom is 0.261 e. The molecule has 2 N–H and O–H groups in total. The lowest BCUT2D eigenvalue weighted by molar-refractivity contribution is 0.0656. The number of nitrogens with zero attached hydrogens (tertiary/aromatic N) is 1. The Kier molecular flexibility index (Phi) is 6.80. The van der Waals surface area contributed by atoms with Crippen LogP contribution in [0.25, 0.3) is 0 Å². The fourth-order valence-corrected chi connectivity index (χ4v) is 3.88. The summed E-state index contributed by atoms with van der Waals surface area (Å²) in [6.07, 6.45) is 0. The van der Waals surface area contributed by atoms with Gasteiger partial charge in [-0.25, -0.2) is 12.8 Å². The highest BCUT2D eigenvalue weighted by molar-refractivity contribution is 7.92. The average Bonchev–Trinajstić information content (AvgIpc) is 2.62. The van der Waals surface area contributed by atoms with E-state index >= 15 is 0 Å². The first-order valence-corrected chi connectivity index (χ1v) is 9.75. The molecule has 0 radical (unpaired) electrons. The molecular formula is C18H21ClFN3O3S. The number of nitrogens with one attached hydrogen (secondary N) is 2. The third kappa shape index (κ3) is 4.97. The van der Waals surface area contributed by atoms with Crippen molar-refractivity contribution in [2.24, 2.45) is 0 Å². The predicted octanol–water partition coefficient (Wildman–Crippen LogP) is 2.48. The normalized spacial score (nSPS) is 17.1. The van der Waals surface area contributed by atoms with Crippen LogP contribution >= 0.6 is 12.4 Å². The number of hydrogen-bond acceptors (Lipinski definition) is 4. The highest BCUT2D eigenvalue weighted by atomic mass is 35.5. The first-order chi connectivity index (χ1) is 12.4. The van der Waals surface area contributed by atoms with Crippen molar-refractivity contribution in [3.63, 3.8) is 0 Å². The SMILES string of the molecule is CC1CNCCN1C(=O)c1ccc(NS(=O)(=O)c2ccc(F)cc2)cc1.Cl. The second-order valence-corrected chi connectivity index (χ2v) is 7.87. The van der Waals surface area contributed by atoms with Gasteiger partial charge in [-0.3, -0.25) is 9.52 Å². The Hall–Kier alpha value is -2.16. The van der Waals surface area contributed by atoms with Gasteiger partial charge in [0.15, 0.2) is 0 Å². The highest BCUT2D eigenvalue weighted by Crippen LogP contribution is 2.18. The van der Waals surface area contributed by atoms with Crippen molar-refractivity contribution in [3.05, 3.63) is 59.9 Å². The zero-order valence-electron chi connectivity index (χ0n) is 14.7. The van der Waals surface area contributed by atoms with E-state index in [-0.39, 0.29) is 29.3 Å². The lowest BCUT2D eigenvalue weighted by atomic mass is 10.1. The van der Waals surface area contributed by atoms with E-state index < -0.39 is 15.8 Å². The number of hydrogen-bond donors (Lipinski definition) is 2. The monoisotopic (exact) mass is 413 g/mol. The van der Waals surface area contributed by atoms with Crippen molar-refractivity contribution >= 4 is 34.0 Å². The number of carbonyl (C=O) groups is 1. The van der Waals surface area contributed by atoms with E-state index in [0.717, 1.165) is 25.2 Å². The second kappa shape index (κ2) is 8.69. The second-order valence-electron chi connectivity index (χ2n) is 6.19. The summed E-state index contributed by atoms with van der Waals surface area (Å²) in [5, 5.41) is 3.23. The summed E-state index contributed by atoms with van der Waals surface area (Å²) in [5.41, 5.74) is 0.836. The van der Waals surface area contributed by atoms with Gasteiger partial charge < -0.3 is 10.2 Å². The standard InChI is InChI=1S/C18H20FN3O3S.ClH/c1-13-12-20-10-11-22(13)18(23)14-2-6-16(7-3-14)21-26(24,25)17-8-4-15(19)5-9-17;/h2-9,13,20-21H,10-12H2,1H3;1H. The van der Waals surface area contributed by atoms with E-state index in [1.807, 2.05) is 6.92 Å². The molecule has 9 heteroatoms. The highest BCUT2D eigenvalue weighted by Gasteiger charge is 2.24. The number of halogens is 2. The Labute approximate surface area is 164 Å². The van der Waals surface area contributed by atoms with E-state index in [0.29, 0.717) is 17.8 Å². The molecule has 1 fully saturated rings. The van der Waals surface area contributed by atoms with Crippen molar-refractivity contribution in [2.45, 2.75) is 17.9 Å². The Morgan fingerprint density at radius 1 is 1.15 bits per heavy atom. The molecule has 2 aromatic rings. The molecule has 6 nitrogen and oxygen atoms in total. The largest absolute Gasteiger partial charge is 0.333 e. The summed E-state index contributed by atoms with van der Waals surface area (Å²) < 4.78 is 40.0. The molecule has 146 valence electrons. The van der Waals surface area contributed by atoms with Gasteiger partial charge >= 0.3 is 0 Å². The molecule has 0 saturated carbocycles. The predicted molar refractivity (Wildman–Crippen MR) is 104 cm³/mol. The van der Waals surface area contributed by atoms with Crippen LogP contribution in [0.1, 0.15) is 17.3 Å².